The first-order valence-corrected chi connectivity index (χ1v) is 5.76. The molecule has 0 aromatic carbocycles. The van der Waals surface area contributed by atoms with Gasteiger partial charge in [0.2, 0.25) is 5.78 Å². The van der Waals surface area contributed by atoms with Gasteiger partial charge in [-0.25, -0.2) is 9.78 Å². The van der Waals surface area contributed by atoms with Crippen molar-refractivity contribution >= 4 is 11.8 Å². The van der Waals surface area contributed by atoms with Gasteiger partial charge in [0.15, 0.2) is 0 Å². The third-order valence-corrected chi connectivity index (χ3v) is 2.26. The number of ketones is 1. The zero-order valence-corrected chi connectivity index (χ0v) is 9.96. The highest BCUT2D eigenvalue weighted by Crippen LogP contribution is 2.03. The van der Waals surface area contributed by atoms with Crippen molar-refractivity contribution in [3.63, 3.8) is 0 Å². The van der Waals surface area contributed by atoms with Gasteiger partial charge in [-0.1, -0.05) is 6.42 Å². The van der Waals surface area contributed by atoms with E-state index < -0.39 is 11.8 Å². The number of ether oxygens (including phenoxy) is 1. The molecule has 0 saturated heterocycles. The fraction of sp³-hybridized carbons (Fsp3) is 0.636. The number of carbonyl (C=O) groups excluding carboxylic acids is 2. The molecule has 0 aliphatic rings. The van der Waals surface area contributed by atoms with E-state index in [1.165, 1.54) is 6.33 Å². The molecule has 0 unspecified atom stereocenters. The summed E-state index contributed by atoms with van der Waals surface area (Å²) < 4.78 is 6.35. The number of nitrogens with zero attached hydrogens (tertiary/aromatic N) is 3. The highest BCUT2D eigenvalue weighted by molar-refractivity contribution is 6.33. The Bertz CT molecular complexity index is 349. The number of unbranched alkanes of at least 4 members (excludes halogenated alkanes) is 2. The van der Waals surface area contributed by atoms with Crippen molar-refractivity contribution in [2.45, 2.75) is 39.2 Å². The summed E-state index contributed by atoms with van der Waals surface area (Å²) in [6.07, 6.45) is 5.90. The second-order valence-corrected chi connectivity index (χ2v) is 3.61. The highest BCUT2D eigenvalue weighted by atomic mass is 16.5. The maximum Gasteiger partial charge on any atom is 0.374 e. The van der Waals surface area contributed by atoms with Gasteiger partial charge in [0.05, 0.1) is 6.61 Å². The SMILES string of the molecule is CCOC(=O)C(=O)CCCCCn1cncn1. The largest absolute Gasteiger partial charge is 0.460 e. The molecule has 1 aromatic heterocycles. The normalized spacial score (nSPS) is 10.2. The minimum absolute atomic E-state index is 0.247. The predicted octanol–water partition coefficient (Wildman–Crippen LogP) is 0.971. The van der Waals surface area contributed by atoms with E-state index in [0.717, 1.165) is 19.4 Å². The van der Waals surface area contributed by atoms with E-state index in [1.54, 1.807) is 17.9 Å². The lowest BCUT2D eigenvalue weighted by Gasteiger charge is -2.01. The number of hydrogen-bond acceptors (Lipinski definition) is 5. The van der Waals surface area contributed by atoms with E-state index in [1.807, 2.05) is 0 Å². The fourth-order valence-electron chi connectivity index (χ4n) is 1.40. The summed E-state index contributed by atoms with van der Waals surface area (Å²) in [4.78, 5) is 26.1. The minimum Gasteiger partial charge on any atom is -0.460 e. The molecular weight excluding hydrogens is 222 g/mol. The monoisotopic (exact) mass is 239 g/mol. The van der Waals surface area contributed by atoms with Crippen LogP contribution in [0.2, 0.25) is 0 Å². The van der Waals surface area contributed by atoms with Gasteiger partial charge < -0.3 is 4.74 Å². The first-order valence-electron chi connectivity index (χ1n) is 5.76. The Hall–Kier alpha value is -1.72. The summed E-state index contributed by atoms with van der Waals surface area (Å²) in [6.45, 7) is 2.72. The van der Waals surface area contributed by atoms with Crippen LogP contribution < -0.4 is 0 Å². The smallest absolute Gasteiger partial charge is 0.374 e. The van der Waals surface area contributed by atoms with Gasteiger partial charge in [-0.3, -0.25) is 9.48 Å². The topological polar surface area (TPSA) is 74.1 Å². The van der Waals surface area contributed by atoms with E-state index >= 15 is 0 Å². The van der Waals surface area contributed by atoms with Crippen LogP contribution >= 0.6 is 0 Å². The zero-order chi connectivity index (χ0) is 12.5. The summed E-state index contributed by atoms with van der Waals surface area (Å²) in [5.74, 6) is -1.16. The molecule has 94 valence electrons. The molecule has 1 aromatic rings. The molecule has 0 bridgehead atoms. The molecule has 0 atom stereocenters. The van der Waals surface area contributed by atoms with Crippen molar-refractivity contribution in [3.05, 3.63) is 12.7 Å². The third-order valence-electron chi connectivity index (χ3n) is 2.26. The molecule has 1 heterocycles. The summed E-state index contributed by atoms with van der Waals surface area (Å²) in [5.41, 5.74) is 0. The minimum atomic E-state index is -0.719. The van der Waals surface area contributed by atoms with Crippen LogP contribution in [0.25, 0.3) is 0 Å². The third kappa shape index (κ3) is 5.24. The van der Waals surface area contributed by atoms with Gasteiger partial charge in [0.25, 0.3) is 0 Å². The van der Waals surface area contributed by atoms with Crippen LogP contribution in [-0.4, -0.2) is 33.1 Å². The molecule has 0 aliphatic carbocycles. The summed E-state index contributed by atoms with van der Waals surface area (Å²) in [5, 5.41) is 3.97. The Balaban J connectivity index is 2.04. The van der Waals surface area contributed by atoms with E-state index in [0.29, 0.717) is 6.42 Å². The van der Waals surface area contributed by atoms with Crippen LogP contribution in [0.4, 0.5) is 0 Å². The number of esters is 1. The van der Waals surface area contributed by atoms with Gasteiger partial charge in [0, 0.05) is 13.0 Å². The molecule has 0 N–H and O–H groups in total. The molecule has 17 heavy (non-hydrogen) atoms. The number of aromatic nitrogens is 3. The van der Waals surface area contributed by atoms with Crippen molar-refractivity contribution in [2.75, 3.05) is 6.61 Å². The number of carbonyl (C=O) groups is 2. The number of hydrogen-bond donors (Lipinski definition) is 0. The fourth-order valence-corrected chi connectivity index (χ4v) is 1.40. The van der Waals surface area contributed by atoms with Crippen LogP contribution in [0.1, 0.15) is 32.6 Å². The average molecular weight is 239 g/mol. The van der Waals surface area contributed by atoms with Gasteiger partial charge >= 0.3 is 5.97 Å². The predicted molar refractivity (Wildman–Crippen MR) is 60.1 cm³/mol. The Morgan fingerprint density at radius 1 is 1.29 bits per heavy atom. The lowest BCUT2D eigenvalue weighted by Crippen LogP contribution is -2.16. The molecular formula is C11H17N3O3. The highest BCUT2D eigenvalue weighted by Gasteiger charge is 2.13. The molecule has 6 heteroatoms. The molecule has 6 nitrogen and oxygen atoms in total. The maximum atomic E-state index is 11.2. The Morgan fingerprint density at radius 2 is 2.12 bits per heavy atom. The Morgan fingerprint density at radius 3 is 2.76 bits per heavy atom. The lowest BCUT2D eigenvalue weighted by atomic mass is 10.1. The maximum absolute atomic E-state index is 11.2. The molecule has 0 amide bonds. The van der Waals surface area contributed by atoms with Gasteiger partial charge in [-0.2, -0.15) is 5.10 Å². The molecule has 0 aliphatic heterocycles. The molecule has 0 fully saturated rings. The van der Waals surface area contributed by atoms with Gasteiger partial charge in [-0.15, -0.1) is 0 Å². The first kappa shape index (κ1) is 13.3. The summed E-state index contributed by atoms with van der Waals surface area (Å²) in [6, 6.07) is 0. The second-order valence-electron chi connectivity index (χ2n) is 3.61. The van der Waals surface area contributed by atoms with Crippen LogP contribution in [0.3, 0.4) is 0 Å². The van der Waals surface area contributed by atoms with Crippen molar-refractivity contribution in [3.8, 4) is 0 Å². The van der Waals surface area contributed by atoms with Crippen LogP contribution in [0.15, 0.2) is 12.7 Å². The number of Topliss-reactive ketones (excluding diaryl/α,β-unsaturated/α-hetero) is 1. The average Bonchev–Trinajstić information content (AvgIpc) is 2.81. The molecule has 0 saturated carbocycles. The summed E-state index contributed by atoms with van der Waals surface area (Å²) in [7, 11) is 0. The van der Waals surface area contributed by atoms with E-state index in [2.05, 4.69) is 14.8 Å². The van der Waals surface area contributed by atoms with Crippen molar-refractivity contribution < 1.29 is 14.3 Å². The lowest BCUT2D eigenvalue weighted by molar-refractivity contribution is -0.153. The van der Waals surface area contributed by atoms with E-state index in [9.17, 15) is 9.59 Å². The Labute approximate surface area is 100.0 Å². The second kappa shape index (κ2) is 7.54. The summed E-state index contributed by atoms with van der Waals surface area (Å²) >= 11 is 0. The molecule has 0 radical (unpaired) electrons. The molecule has 0 spiro atoms. The number of aryl methyl sites for hydroxylation is 1. The quantitative estimate of drug-likeness (QED) is 0.384. The van der Waals surface area contributed by atoms with Crippen molar-refractivity contribution in [1.29, 1.82) is 0 Å². The van der Waals surface area contributed by atoms with E-state index in [4.69, 9.17) is 0 Å². The first-order chi connectivity index (χ1) is 8.24. The standard InChI is InChI=1S/C11H17N3O3/c1-2-17-11(16)10(15)6-4-3-5-7-14-9-12-8-13-14/h8-9H,2-7H2,1H3. The van der Waals surface area contributed by atoms with Crippen LogP contribution in [0.5, 0.6) is 0 Å². The number of rotatable bonds is 8. The van der Waals surface area contributed by atoms with Crippen LogP contribution in [-0.2, 0) is 20.9 Å². The van der Waals surface area contributed by atoms with Crippen molar-refractivity contribution in [1.82, 2.24) is 14.8 Å². The van der Waals surface area contributed by atoms with Gasteiger partial charge in [0.1, 0.15) is 12.7 Å². The molecule has 1 rings (SSSR count). The Kier molecular flexibility index (Phi) is 5.92. The van der Waals surface area contributed by atoms with E-state index in [-0.39, 0.29) is 13.0 Å². The van der Waals surface area contributed by atoms with Crippen LogP contribution in [0, 0.1) is 0 Å². The zero-order valence-electron chi connectivity index (χ0n) is 9.96. The van der Waals surface area contributed by atoms with Gasteiger partial charge in [-0.05, 0) is 19.8 Å². The van der Waals surface area contributed by atoms with Crippen molar-refractivity contribution in [2.24, 2.45) is 0 Å².